The van der Waals surface area contributed by atoms with Gasteiger partial charge in [0.15, 0.2) is 0 Å². The quantitative estimate of drug-likeness (QED) is 0.482. The fraction of sp³-hybridized carbons (Fsp3) is 0.280. The standard InChI is InChI=1S/C25H25FN8/c1-29-24-22(15-5-6-21-18(11-15)14-30-33(21)2)23(16-3-4-17(13-27)20(26)12-16)31-25(32-24)34-9-7-19(28)8-10-34/h3-6,11-12,14,19H,7-10,28H2,1-2H3,(H,29,31,32). The van der Waals surface area contributed by atoms with Gasteiger partial charge in [0.2, 0.25) is 5.95 Å². The first-order valence-electron chi connectivity index (χ1n) is 11.2. The average molecular weight is 457 g/mol. The molecule has 0 amide bonds. The monoisotopic (exact) mass is 456 g/mol. The fourth-order valence-electron chi connectivity index (χ4n) is 4.43. The van der Waals surface area contributed by atoms with E-state index in [1.807, 2.05) is 49.2 Å². The van der Waals surface area contributed by atoms with Crippen molar-refractivity contribution in [3.8, 4) is 28.5 Å². The van der Waals surface area contributed by atoms with Gasteiger partial charge >= 0.3 is 0 Å². The highest BCUT2D eigenvalue weighted by molar-refractivity contribution is 5.93. The molecule has 4 aromatic rings. The van der Waals surface area contributed by atoms with Crippen LogP contribution in [0.3, 0.4) is 0 Å². The Morgan fingerprint density at radius 1 is 1.12 bits per heavy atom. The van der Waals surface area contributed by atoms with Crippen LogP contribution >= 0.6 is 0 Å². The zero-order valence-corrected chi connectivity index (χ0v) is 19.1. The molecule has 0 bridgehead atoms. The largest absolute Gasteiger partial charge is 0.372 e. The van der Waals surface area contributed by atoms with Crippen molar-refractivity contribution in [3.05, 3.63) is 54.0 Å². The Morgan fingerprint density at radius 2 is 1.88 bits per heavy atom. The zero-order chi connectivity index (χ0) is 23.8. The Balaban J connectivity index is 1.73. The van der Waals surface area contributed by atoms with Crippen molar-refractivity contribution in [1.29, 1.82) is 5.26 Å². The van der Waals surface area contributed by atoms with Gasteiger partial charge in [-0.25, -0.2) is 9.37 Å². The minimum atomic E-state index is -0.580. The summed E-state index contributed by atoms with van der Waals surface area (Å²) in [6, 6.07) is 12.7. The van der Waals surface area contributed by atoms with Gasteiger partial charge in [0.25, 0.3) is 0 Å². The molecule has 0 radical (unpaired) electrons. The third kappa shape index (κ3) is 3.82. The number of hydrogen-bond donors (Lipinski definition) is 2. The van der Waals surface area contributed by atoms with Crippen molar-refractivity contribution in [3.63, 3.8) is 0 Å². The molecule has 3 heterocycles. The summed E-state index contributed by atoms with van der Waals surface area (Å²) in [4.78, 5) is 11.9. The molecule has 2 aromatic heterocycles. The molecule has 0 atom stereocenters. The van der Waals surface area contributed by atoms with E-state index in [1.165, 1.54) is 12.1 Å². The number of aryl methyl sites for hydroxylation is 1. The number of piperidine rings is 1. The van der Waals surface area contributed by atoms with E-state index in [0.29, 0.717) is 23.0 Å². The van der Waals surface area contributed by atoms with Gasteiger partial charge in [0, 0.05) is 44.2 Å². The van der Waals surface area contributed by atoms with Crippen LogP contribution in [-0.2, 0) is 7.05 Å². The first-order valence-corrected chi connectivity index (χ1v) is 11.2. The van der Waals surface area contributed by atoms with Crippen LogP contribution in [0.25, 0.3) is 33.3 Å². The minimum Gasteiger partial charge on any atom is -0.372 e. The highest BCUT2D eigenvalue weighted by Gasteiger charge is 2.24. The lowest BCUT2D eigenvalue weighted by atomic mass is 9.97. The number of hydrogen-bond acceptors (Lipinski definition) is 7. The second kappa shape index (κ2) is 8.72. The molecule has 1 aliphatic heterocycles. The van der Waals surface area contributed by atoms with E-state index in [1.54, 1.807) is 6.07 Å². The van der Waals surface area contributed by atoms with Crippen molar-refractivity contribution < 1.29 is 4.39 Å². The van der Waals surface area contributed by atoms with Crippen LogP contribution in [0.5, 0.6) is 0 Å². The Hall–Kier alpha value is -4.03. The number of nitrogens with two attached hydrogens (primary N) is 1. The summed E-state index contributed by atoms with van der Waals surface area (Å²) in [5.74, 6) is 0.633. The van der Waals surface area contributed by atoms with E-state index < -0.39 is 5.82 Å². The number of anilines is 2. The Labute approximate surface area is 196 Å². The molecule has 0 saturated carbocycles. The number of nitrogens with one attached hydrogen (secondary N) is 1. The zero-order valence-electron chi connectivity index (χ0n) is 19.1. The van der Waals surface area contributed by atoms with Gasteiger partial charge in [0.1, 0.15) is 17.7 Å². The van der Waals surface area contributed by atoms with Gasteiger partial charge in [-0.05, 0) is 42.7 Å². The van der Waals surface area contributed by atoms with Crippen molar-refractivity contribution >= 4 is 22.7 Å². The van der Waals surface area contributed by atoms with Crippen LogP contribution < -0.4 is 16.0 Å². The Bertz CT molecular complexity index is 1410. The molecule has 5 rings (SSSR count). The summed E-state index contributed by atoms with van der Waals surface area (Å²) >= 11 is 0. The van der Waals surface area contributed by atoms with Crippen LogP contribution in [0.15, 0.2) is 42.6 Å². The third-order valence-electron chi connectivity index (χ3n) is 6.35. The van der Waals surface area contributed by atoms with Crippen molar-refractivity contribution in [2.45, 2.75) is 18.9 Å². The van der Waals surface area contributed by atoms with Crippen molar-refractivity contribution in [1.82, 2.24) is 19.7 Å². The lowest BCUT2D eigenvalue weighted by molar-refractivity contribution is 0.496. The topological polar surface area (TPSA) is 109 Å². The van der Waals surface area contributed by atoms with Gasteiger partial charge in [-0.15, -0.1) is 0 Å². The molecule has 172 valence electrons. The van der Waals surface area contributed by atoms with Crippen molar-refractivity contribution in [2.75, 3.05) is 30.4 Å². The molecule has 0 aliphatic carbocycles. The molecule has 0 spiro atoms. The predicted molar refractivity (Wildman–Crippen MR) is 131 cm³/mol. The minimum absolute atomic E-state index is 0.00443. The molecule has 34 heavy (non-hydrogen) atoms. The first-order chi connectivity index (χ1) is 16.5. The Kier molecular flexibility index (Phi) is 5.59. The lowest BCUT2D eigenvalue weighted by Gasteiger charge is -2.31. The number of nitrogens with zero attached hydrogens (tertiary/aromatic N) is 6. The van der Waals surface area contributed by atoms with E-state index in [-0.39, 0.29) is 11.6 Å². The van der Waals surface area contributed by atoms with Gasteiger partial charge < -0.3 is 16.0 Å². The molecule has 1 saturated heterocycles. The normalized spacial score (nSPS) is 14.4. The van der Waals surface area contributed by atoms with Crippen LogP contribution in [-0.4, -0.2) is 45.9 Å². The summed E-state index contributed by atoms with van der Waals surface area (Å²) < 4.78 is 16.5. The van der Waals surface area contributed by atoms with Crippen LogP contribution in [0.2, 0.25) is 0 Å². The molecule has 9 heteroatoms. The summed E-state index contributed by atoms with van der Waals surface area (Å²) in [5.41, 5.74) is 9.90. The molecule has 0 unspecified atom stereocenters. The van der Waals surface area contributed by atoms with Gasteiger partial charge in [-0.1, -0.05) is 12.1 Å². The molecule has 3 N–H and O–H groups in total. The number of rotatable bonds is 4. The van der Waals surface area contributed by atoms with Crippen LogP contribution in [0, 0.1) is 17.1 Å². The fourth-order valence-corrected chi connectivity index (χ4v) is 4.43. The van der Waals surface area contributed by atoms with E-state index in [4.69, 9.17) is 15.7 Å². The maximum Gasteiger partial charge on any atom is 0.227 e. The number of aromatic nitrogens is 4. The number of halogens is 1. The van der Waals surface area contributed by atoms with E-state index >= 15 is 0 Å². The summed E-state index contributed by atoms with van der Waals surface area (Å²) in [5, 5.41) is 17.7. The number of nitriles is 1. The first kappa shape index (κ1) is 21.8. The van der Waals surface area contributed by atoms with Crippen LogP contribution in [0.4, 0.5) is 16.2 Å². The molecule has 1 aliphatic rings. The lowest BCUT2D eigenvalue weighted by Crippen LogP contribution is -2.40. The highest BCUT2D eigenvalue weighted by Crippen LogP contribution is 2.39. The molecule has 8 nitrogen and oxygen atoms in total. The highest BCUT2D eigenvalue weighted by atomic mass is 19.1. The summed E-state index contributed by atoms with van der Waals surface area (Å²) in [7, 11) is 3.71. The predicted octanol–water partition coefficient (Wildman–Crippen LogP) is 3.68. The van der Waals surface area contributed by atoms with Crippen molar-refractivity contribution in [2.24, 2.45) is 12.8 Å². The summed E-state index contributed by atoms with van der Waals surface area (Å²) in [6.45, 7) is 1.51. The van der Waals surface area contributed by atoms with Gasteiger partial charge in [-0.3, -0.25) is 4.68 Å². The van der Waals surface area contributed by atoms with E-state index in [0.717, 1.165) is 48.0 Å². The Morgan fingerprint density at radius 3 is 2.59 bits per heavy atom. The molecule has 2 aromatic carbocycles. The maximum absolute atomic E-state index is 14.6. The third-order valence-corrected chi connectivity index (χ3v) is 6.35. The molecule has 1 fully saturated rings. The van der Waals surface area contributed by atoms with Gasteiger partial charge in [-0.2, -0.15) is 15.3 Å². The van der Waals surface area contributed by atoms with E-state index in [9.17, 15) is 9.65 Å². The smallest absolute Gasteiger partial charge is 0.227 e. The second-order valence-electron chi connectivity index (χ2n) is 8.52. The SMILES string of the molecule is CNc1nc(N2CCC(N)CC2)nc(-c2ccc(C#N)c(F)c2)c1-c1ccc2c(cnn2C)c1. The molecular weight excluding hydrogens is 431 g/mol. The summed E-state index contributed by atoms with van der Waals surface area (Å²) in [6.07, 6.45) is 3.53. The number of fused-ring (bicyclic) bond motifs is 1. The van der Waals surface area contributed by atoms with Gasteiger partial charge in [0.05, 0.1) is 28.5 Å². The molecular formula is C25H25FN8. The number of benzene rings is 2. The second-order valence-corrected chi connectivity index (χ2v) is 8.52. The average Bonchev–Trinajstić information content (AvgIpc) is 3.23. The van der Waals surface area contributed by atoms with Crippen LogP contribution in [0.1, 0.15) is 18.4 Å². The van der Waals surface area contributed by atoms with E-state index in [2.05, 4.69) is 15.3 Å². The maximum atomic E-state index is 14.6.